The highest BCUT2D eigenvalue weighted by Gasteiger charge is 2.42. The molecule has 0 radical (unpaired) electrons. The van der Waals surface area contributed by atoms with Crippen molar-refractivity contribution in [3.8, 4) is 11.4 Å². The minimum Gasteiger partial charge on any atom is -0.491 e. The number of nitrogens with zero attached hydrogens (tertiary/aromatic N) is 4. The van der Waals surface area contributed by atoms with Crippen molar-refractivity contribution >= 4 is 23.0 Å². The van der Waals surface area contributed by atoms with Gasteiger partial charge in [-0.3, -0.25) is 9.97 Å². The van der Waals surface area contributed by atoms with Gasteiger partial charge in [-0.2, -0.15) is 0 Å². The van der Waals surface area contributed by atoms with Crippen molar-refractivity contribution < 1.29 is 4.74 Å². The first-order valence-electron chi connectivity index (χ1n) is 11.0. The molecule has 4 heterocycles. The smallest absolute Gasteiger partial charge is 0.174 e. The number of hydrogen-bond donors (Lipinski definition) is 1. The Kier molecular flexibility index (Phi) is 5.79. The maximum absolute atomic E-state index is 5.85. The monoisotopic (exact) mass is 455 g/mol. The van der Waals surface area contributed by atoms with Gasteiger partial charge in [0.2, 0.25) is 0 Å². The van der Waals surface area contributed by atoms with Crippen LogP contribution in [0.3, 0.4) is 0 Å². The van der Waals surface area contributed by atoms with E-state index in [2.05, 4.69) is 61.3 Å². The molecule has 0 saturated carbocycles. The van der Waals surface area contributed by atoms with Crippen LogP contribution in [0.15, 0.2) is 91.5 Å². The molecule has 3 aromatic heterocycles. The third-order valence-corrected chi connectivity index (χ3v) is 5.91. The number of benzene rings is 1. The van der Waals surface area contributed by atoms with Gasteiger partial charge in [-0.25, -0.2) is 0 Å². The van der Waals surface area contributed by atoms with Crippen LogP contribution in [0.25, 0.3) is 5.69 Å². The predicted molar refractivity (Wildman–Crippen MR) is 134 cm³/mol. The number of anilines is 1. The first-order chi connectivity index (χ1) is 16.1. The molecule has 6 nitrogen and oxygen atoms in total. The summed E-state index contributed by atoms with van der Waals surface area (Å²) < 4.78 is 8.00. The van der Waals surface area contributed by atoms with E-state index in [1.807, 2.05) is 62.6 Å². The summed E-state index contributed by atoms with van der Waals surface area (Å²) in [6, 6.07) is 22.0. The Bertz CT molecular complexity index is 1220. The summed E-state index contributed by atoms with van der Waals surface area (Å²) in [7, 11) is 0. The zero-order chi connectivity index (χ0) is 22.8. The zero-order valence-electron chi connectivity index (χ0n) is 18.5. The van der Waals surface area contributed by atoms with Crippen LogP contribution in [-0.2, 0) is 0 Å². The second-order valence-corrected chi connectivity index (χ2v) is 8.56. The highest BCUT2D eigenvalue weighted by molar-refractivity contribution is 7.80. The Labute approximate surface area is 198 Å². The topological polar surface area (TPSA) is 55.2 Å². The van der Waals surface area contributed by atoms with Gasteiger partial charge < -0.3 is 19.5 Å². The van der Waals surface area contributed by atoms with E-state index >= 15 is 0 Å². The van der Waals surface area contributed by atoms with Gasteiger partial charge in [-0.1, -0.05) is 6.07 Å². The van der Waals surface area contributed by atoms with E-state index in [1.54, 1.807) is 6.20 Å². The van der Waals surface area contributed by atoms with Gasteiger partial charge in [0.25, 0.3) is 0 Å². The number of ether oxygens (including phenoxy) is 1. The molecule has 33 heavy (non-hydrogen) atoms. The molecule has 0 spiro atoms. The van der Waals surface area contributed by atoms with E-state index in [0.29, 0.717) is 5.11 Å². The van der Waals surface area contributed by atoms with Crippen molar-refractivity contribution in [1.82, 2.24) is 19.9 Å². The maximum atomic E-state index is 5.85. The molecule has 1 saturated heterocycles. The van der Waals surface area contributed by atoms with Gasteiger partial charge in [-0.15, -0.1) is 0 Å². The van der Waals surface area contributed by atoms with Crippen molar-refractivity contribution in [1.29, 1.82) is 0 Å². The predicted octanol–water partition coefficient (Wildman–Crippen LogP) is 5.23. The first kappa shape index (κ1) is 21.2. The second kappa shape index (κ2) is 9.03. The average Bonchev–Trinajstić information content (AvgIpc) is 3.45. The number of pyridine rings is 2. The van der Waals surface area contributed by atoms with Crippen LogP contribution in [0.5, 0.6) is 5.75 Å². The highest BCUT2D eigenvalue weighted by Crippen LogP contribution is 2.42. The van der Waals surface area contributed by atoms with Gasteiger partial charge >= 0.3 is 0 Å². The lowest BCUT2D eigenvalue weighted by atomic mass is 10.0. The van der Waals surface area contributed by atoms with Gasteiger partial charge in [0.05, 0.1) is 29.7 Å². The molecule has 0 bridgehead atoms. The van der Waals surface area contributed by atoms with Crippen LogP contribution < -0.4 is 15.0 Å². The summed E-state index contributed by atoms with van der Waals surface area (Å²) in [5, 5.41) is 4.18. The van der Waals surface area contributed by atoms with Crippen molar-refractivity contribution in [3.63, 3.8) is 0 Å². The van der Waals surface area contributed by atoms with Crippen molar-refractivity contribution in [2.45, 2.75) is 32.0 Å². The van der Waals surface area contributed by atoms with Gasteiger partial charge in [0, 0.05) is 30.0 Å². The van der Waals surface area contributed by atoms with Crippen LogP contribution in [-0.4, -0.2) is 25.8 Å². The third-order valence-electron chi connectivity index (χ3n) is 5.59. The van der Waals surface area contributed by atoms with Crippen molar-refractivity contribution in [2.24, 2.45) is 0 Å². The molecule has 1 aliphatic heterocycles. The van der Waals surface area contributed by atoms with Crippen LogP contribution >= 0.6 is 12.2 Å². The lowest BCUT2D eigenvalue weighted by molar-refractivity contribution is 0.242. The van der Waals surface area contributed by atoms with Gasteiger partial charge in [0.15, 0.2) is 5.11 Å². The summed E-state index contributed by atoms with van der Waals surface area (Å²) >= 11 is 5.85. The molecule has 1 fully saturated rings. The van der Waals surface area contributed by atoms with Crippen LogP contribution in [0, 0.1) is 0 Å². The summed E-state index contributed by atoms with van der Waals surface area (Å²) in [4.78, 5) is 11.1. The van der Waals surface area contributed by atoms with E-state index in [4.69, 9.17) is 17.0 Å². The summed E-state index contributed by atoms with van der Waals surface area (Å²) in [5.41, 5.74) is 4.02. The van der Waals surface area contributed by atoms with Crippen molar-refractivity contribution in [2.75, 3.05) is 4.90 Å². The lowest BCUT2D eigenvalue weighted by Crippen LogP contribution is -2.30. The second-order valence-electron chi connectivity index (χ2n) is 8.17. The molecule has 1 N–H and O–H groups in total. The van der Waals surface area contributed by atoms with Crippen LogP contribution in [0.1, 0.15) is 37.3 Å². The standard InChI is InChI=1S/C26H25N5OS/c1-18(2)32-21-12-10-19(11-13-21)31-25(24(29-26(31)33)22-8-3-4-15-28-22)23-9-6-16-30(23)20-7-5-14-27-17-20/h3-18,24-25H,1-2H3,(H,29,33)/t24-,25-/m0/s1. The summed E-state index contributed by atoms with van der Waals surface area (Å²) in [6.45, 7) is 4.04. The Balaban J connectivity index is 1.60. The molecule has 0 aliphatic carbocycles. The quantitative estimate of drug-likeness (QED) is 0.402. The van der Waals surface area contributed by atoms with E-state index in [9.17, 15) is 0 Å². The fourth-order valence-electron chi connectivity index (χ4n) is 4.26. The maximum Gasteiger partial charge on any atom is 0.174 e. The largest absolute Gasteiger partial charge is 0.491 e. The van der Waals surface area contributed by atoms with Crippen molar-refractivity contribution in [3.05, 3.63) is 103 Å². The number of rotatable bonds is 6. The Morgan fingerprint density at radius 2 is 1.79 bits per heavy atom. The molecule has 0 amide bonds. The molecule has 7 heteroatoms. The first-order valence-corrected chi connectivity index (χ1v) is 11.4. The molecule has 0 unspecified atom stereocenters. The van der Waals surface area contributed by atoms with Gasteiger partial charge in [-0.05, 0) is 86.7 Å². The van der Waals surface area contributed by atoms with E-state index in [-0.39, 0.29) is 18.2 Å². The lowest BCUT2D eigenvalue weighted by Gasteiger charge is -2.29. The highest BCUT2D eigenvalue weighted by atomic mass is 32.1. The number of thiocarbonyl (C=S) groups is 1. The number of nitrogens with one attached hydrogen (secondary N) is 1. The van der Waals surface area contributed by atoms with Gasteiger partial charge in [0.1, 0.15) is 11.8 Å². The fourth-order valence-corrected chi connectivity index (χ4v) is 4.60. The SMILES string of the molecule is CC(C)Oc1ccc(N2C(=S)N[C@@H](c3ccccn3)[C@@H]2c2cccn2-c2cccnc2)cc1. The molecular formula is C26H25N5OS. The average molecular weight is 456 g/mol. The molecule has 1 aliphatic rings. The molecule has 2 atom stereocenters. The Hall–Kier alpha value is -3.71. The molecule has 5 rings (SSSR count). The molecule has 1 aromatic carbocycles. The minimum atomic E-state index is -0.115. The Morgan fingerprint density at radius 3 is 2.48 bits per heavy atom. The Morgan fingerprint density at radius 1 is 0.939 bits per heavy atom. The fraction of sp³-hybridized carbons (Fsp3) is 0.192. The normalized spacial score (nSPS) is 17.9. The summed E-state index contributed by atoms with van der Waals surface area (Å²) in [6.07, 6.45) is 7.64. The molecule has 166 valence electrons. The van der Waals surface area contributed by atoms with E-state index in [0.717, 1.165) is 28.5 Å². The van der Waals surface area contributed by atoms with E-state index in [1.165, 1.54) is 0 Å². The van der Waals surface area contributed by atoms with Crippen LogP contribution in [0.4, 0.5) is 5.69 Å². The van der Waals surface area contributed by atoms with Crippen LogP contribution in [0.2, 0.25) is 0 Å². The number of hydrogen-bond acceptors (Lipinski definition) is 4. The van der Waals surface area contributed by atoms with E-state index < -0.39 is 0 Å². The zero-order valence-corrected chi connectivity index (χ0v) is 19.3. The minimum absolute atomic E-state index is 0.112. The summed E-state index contributed by atoms with van der Waals surface area (Å²) in [5.74, 6) is 0.836. The third kappa shape index (κ3) is 4.19. The number of aromatic nitrogens is 3. The molecular weight excluding hydrogens is 430 g/mol. The molecule has 4 aromatic rings.